The van der Waals surface area contributed by atoms with Gasteiger partial charge in [-0.15, -0.1) is 0 Å². The van der Waals surface area contributed by atoms with Crippen molar-refractivity contribution in [2.75, 3.05) is 12.8 Å². The molecule has 0 aromatic heterocycles. The molecule has 17 heavy (non-hydrogen) atoms. The average Bonchev–Trinajstić information content (AvgIpc) is 2.30. The third kappa shape index (κ3) is 4.14. The summed E-state index contributed by atoms with van der Waals surface area (Å²) in [4.78, 5) is 22.6. The van der Waals surface area contributed by atoms with Crippen LogP contribution in [0.3, 0.4) is 0 Å². The van der Waals surface area contributed by atoms with Crippen LogP contribution in [-0.2, 0) is 20.7 Å². The van der Waals surface area contributed by atoms with Crippen LogP contribution in [0.25, 0.3) is 0 Å². The van der Waals surface area contributed by atoms with Crippen LogP contribution >= 0.6 is 0 Å². The Morgan fingerprint density at radius 2 is 1.94 bits per heavy atom. The summed E-state index contributed by atoms with van der Waals surface area (Å²) in [5.41, 5.74) is 6.97. The Balaban J connectivity index is 2.50. The summed E-state index contributed by atoms with van der Waals surface area (Å²) in [6.45, 7) is 1.53. The molecule has 1 unspecified atom stereocenters. The minimum absolute atomic E-state index is 0.127. The van der Waals surface area contributed by atoms with Crippen molar-refractivity contribution in [3.05, 3.63) is 29.8 Å². The van der Waals surface area contributed by atoms with Crippen molar-refractivity contribution in [1.82, 2.24) is 5.32 Å². The van der Waals surface area contributed by atoms with Crippen molar-refractivity contribution in [3.63, 3.8) is 0 Å². The summed E-state index contributed by atoms with van der Waals surface area (Å²) < 4.78 is 4.95. The number of hydrogen-bond acceptors (Lipinski definition) is 4. The van der Waals surface area contributed by atoms with Gasteiger partial charge in [0.15, 0.2) is 6.10 Å². The van der Waals surface area contributed by atoms with Crippen molar-refractivity contribution >= 4 is 17.6 Å². The lowest BCUT2D eigenvalue weighted by atomic mass is 10.1. The summed E-state index contributed by atoms with van der Waals surface area (Å²) >= 11 is 0. The number of nitrogens with one attached hydrogen (secondary N) is 1. The second-order valence-electron chi connectivity index (χ2n) is 3.66. The van der Waals surface area contributed by atoms with E-state index >= 15 is 0 Å². The van der Waals surface area contributed by atoms with E-state index in [1.165, 1.54) is 14.0 Å². The van der Waals surface area contributed by atoms with Crippen LogP contribution in [0, 0.1) is 0 Å². The lowest BCUT2D eigenvalue weighted by Crippen LogP contribution is -2.33. The minimum atomic E-state index is -0.777. The first-order valence-electron chi connectivity index (χ1n) is 5.28. The average molecular weight is 236 g/mol. The van der Waals surface area contributed by atoms with Crippen LogP contribution in [-0.4, -0.2) is 25.0 Å². The summed E-state index contributed by atoms with van der Waals surface area (Å²) in [5, 5.41) is 2.41. The van der Waals surface area contributed by atoms with Crippen LogP contribution in [0.15, 0.2) is 24.3 Å². The molecule has 0 aliphatic rings. The number of amides is 1. The summed E-state index contributed by atoms with van der Waals surface area (Å²) in [7, 11) is 1.49. The van der Waals surface area contributed by atoms with Crippen LogP contribution < -0.4 is 11.1 Å². The number of nitrogen functional groups attached to an aromatic ring is 1. The molecule has 0 saturated heterocycles. The molecule has 1 amide bonds. The largest absolute Gasteiger partial charge is 0.452 e. The van der Waals surface area contributed by atoms with Crippen molar-refractivity contribution in [3.8, 4) is 0 Å². The number of rotatable bonds is 4. The molecule has 0 radical (unpaired) electrons. The smallest absolute Gasteiger partial charge is 0.311 e. The quantitative estimate of drug-likeness (QED) is 0.589. The molecular formula is C12H16N2O3. The molecule has 1 aromatic rings. The molecule has 0 bridgehead atoms. The highest BCUT2D eigenvalue weighted by molar-refractivity contribution is 5.83. The van der Waals surface area contributed by atoms with Gasteiger partial charge in [0.1, 0.15) is 0 Å². The number of nitrogens with two attached hydrogens (primary N) is 1. The maximum Gasteiger partial charge on any atom is 0.311 e. The van der Waals surface area contributed by atoms with Crippen molar-refractivity contribution < 1.29 is 14.3 Å². The van der Waals surface area contributed by atoms with Gasteiger partial charge >= 0.3 is 5.97 Å². The number of carbonyl (C=O) groups is 2. The Labute approximate surface area is 99.9 Å². The lowest BCUT2D eigenvalue weighted by molar-refractivity contribution is -0.154. The van der Waals surface area contributed by atoms with E-state index in [1.54, 1.807) is 24.3 Å². The van der Waals surface area contributed by atoms with Gasteiger partial charge < -0.3 is 15.8 Å². The van der Waals surface area contributed by atoms with E-state index in [4.69, 9.17) is 10.5 Å². The van der Waals surface area contributed by atoms with Gasteiger partial charge in [-0.3, -0.25) is 9.59 Å². The first-order valence-corrected chi connectivity index (χ1v) is 5.28. The fourth-order valence-corrected chi connectivity index (χ4v) is 1.30. The molecule has 5 heteroatoms. The lowest BCUT2D eigenvalue weighted by Gasteiger charge is -2.11. The molecule has 0 aliphatic carbocycles. The number of likely N-dealkylation sites (N-methyl/N-ethyl adjacent to an activating group) is 1. The SMILES string of the molecule is CNC(=O)C(C)OC(=O)Cc1ccc(N)cc1. The first-order chi connectivity index (χ1) is 8.02. The van der Waals surface area contributed by atoms with Crippen LogP contribution in [0.5, 0.6) is 0 Å². The Kier molecular flexibility index (Phi) is 4.51. The monoisotopic (exact) mass is 236 g/mol. The summed E-state index contributed by atoms with van der Waals surface area (Å²) in [6, 6.07) is 6.93. The number of carbonyl (C=O) groups excluding carboxylic acids is 2. The number of ether oxygens (including phenoxy) is 1. The summed E-state index contributed by atoms with van der Waals surface area (Å²) in [6.07, 6.45) is -0.650. The van der Waals surface area contributed by atoms with Crippen LogP contribution in [0.2, 0.25) is 0 Å². The van der Waals surface area contributed by atoms with Crippen molar-refractivity contribution in [1.29, 1.82) is 0 Å². The summed E-state index contributed by atoms with van der Waals surface area (Å²) in [5.74, 6) is -0.762. The topological polar surface area (TPSA) is 81.4 Å². The minimum Gasteiger partial charge on any atom is -0.452 e. The predicted molar refractivity (Wildman–Crippen MR) is 64.2 cm³/mol. The number of esters is 1. The van der Waals surface area contributed by atoms with Crippen molar-refractivity contribution in [2.24, 2.45) is 0 Å². The maximum absolute atomic E-state index is 11.5. The molecule has 1 atom stereocenters. The van der Waals surface area contributed by atoms with Crippen molar-refractivity contribution in [2.45, 2.75) is 19.4 Å². The van der Waals surface area contributed by atoms with Gasteiger partial charge in [0.2, 0.25) is 0 Å². The molecule has 0 saturated carbocycles. The highest BCUT2D eigenvalue weighted by Gasteiger charge is 2.16. The van der Waals surface area contributed by atoms with Gasteiger partial charge in [-0.25, -0.2) is 0 Å². The normalized spacial score (nSPS) is 11.6. The van der Waals surface area contributed by atoms with E-state index in [0.29, 0.717) is 5.69 Å². The van der Waals surface area contributed by atoms with E-state index in [2.05, 4.69) is 5.32 Å². The number of hydrogen-bond donors (Lipinski definition) is 2. The van der Waals surface area contributed by atoms with Gasteiger partial charge in [-0.05, 0) is 24.6 Å². The third-order valence-electron chi connectivity index (χ3n) is 2.25. The Bertz CT molecular complexity index is 401. The molecule has 0 fully saturated rings. The zero-order valence-corrected chi connectivity index (χ0v) is 9.90. The van der Waals surface area contributed by atoms with Gasteiger partial charge in [0, 0.05) is 12.7 Å². The van der Waals surface area contributed by atoms with Crippen LogP contribution in [0.1, 0.15) is 12.5 Å². The molecule has 0 aliphatic heterocycles. The van der Waals surface area contributed by atoms with Gasteiger partial charge in [-0.2, -0.15) is 0 Å². The van der Waals surface area contributed by atoms with E-state index in [-0.39, 0.29) is 12.3 Å². The van der Waals surface area contributed by atoms with E-state index in [9.17, 15) is 9.59 Å². The Morgan fingerprint density at radius 3 is 2.47 bits per heavy atom. The van der Waals surface area contributed by atoms with Crippen LogP contribution in [0.4, 0.5) is 5.69 Å². The Hall–Kier alpha value is -2.04. The van der Waals surface area contributed by atoms with E-state index in [0.717, 1.165) is 5.56 Å². The first kappa shape index (κ1) is 13.0. The molecular weight excluding hydrogens is 220 g/mol. The second-order valence-corrected chi connectivity index (χ2v) is 3.66. The van der Waals surface area contributed by atoms with Gasteiger partial charge in [0.25, 0.3) is 5.91 Å². The molecule has 1 rings (SSSR count). The predicted octanol–water partition coefficient (Wildman–Crippen LogP) is 0.489. The Morgan fingerprint density at radius 1 is 1.35 bits per heavy atom. The standard InChI is InChI=1S/C12H16N2O3/c1-8(12(16)14-2)17-11(15)7-9-3-5-10(13)6-4-9/h3-6,8H,7,13H2,1-2H3,(H,14,16). The molecule has 3 N–H and O–H groups in total. The maximum atomic E-state index is 11.5. The zero-order chi connectivity index (χ0) is 12.8. The van der Waals surface area contributed by atoms with Gasteiger partial charge in [0.05, 0.1) is 6.42 Å². The number of anilines is 1. The van der Waals surface area contributed by atoms with E-state index < -0.39 is 12.1 Å². The molecule has 0 spiro atoms. The van der Waals surface area contributed by atoms with Gasteiger partial charge in [-0.1, -0.05) is 12.1 Å². The molecule has 1 aromatic carbocycles. The van der Waals surface area contributed by atoms with E-state index in [1.807, 2.05) is 0 Å². The molecule has 0 heterocycles. The highest BCUT2D eigenvalue weighted by atomic mass is 16.5. The highest BCUT2D eigenvalue weighted by Crippen LogP contribution is 2.07. The zero-order valence-electron chi connectivity index (χ0n) is 9.90. The molecule has 92 valence electrons. The fraction of sp³-hybridized carbons (Fsp3) is 0.333. The molecule has 5 nitrogen and oxygen atoms in total. The number of benzene rings is 1. The third-order valence-corrected chi connectivity index (χ3v) is 2.25. The second kappa shape index (κ2) is 5.89. The fourth-order valence-electron chi connectivity index (χ4n) is 1.30.